The van der Waals surface area contributed by atoms with E-state index >= 15 is 0 Å². The second-order valence-corrected chi connectivity index (χ2v) is 5.82. The predicted molar refractivity (Wildman–Crippen MR) is 93.4 cm³/mol. The molecule has 1 N–H and O–H groups in total. The van der Waals surface area contributed by atoms with Gasteiger partial charge in [0.1, 0.15) is 0 Å². The third-order valence-electron chi connectivity index (χ3n) is 4.22. The second-order valence-electron chi connectivity index (χ2n) is 5.82. The average Bonchev–Trinajstić information content (AvgIpc) is 2.95. The van der Waals surface area contributed by atoms with Crippen LogP contribution in [0.5, 0.6) is 0 Å². The Bertz CT molecular complexity index is 773. The SMILES string of the molecule is CNc1ccccc1C(=O)OCC(=O)N1c2ccccc2C[C@H]1C. The van der Waals surface area contributed by atoms with Gasteiger partial charge in [-0.2, -0.15) is 0 Å². The van der Waals surface area contributed by atoms with Gasteiger partial charge in [0, 0.05) is 24.5 Å². The Morgan fingerprint density at radius 1 is 1.17 bits per heavy atom. The van der Waals surface area contributed by atoms with Gasteiger partial charge in [0.05, 0.1) is 5.56 Å². The van der Waals surface area contributed by atoms with Gasteiger partial charge in [0.2, 0.25) is 0 Å². The van der Waals surface area contributed by atoms with Crippen molar-refractivity contribution in [2.75, 3.05) is 23.9 Å². The number of anilines is 2. The summed E-state index contributed by atoms with van der Waals surface area (Å²) in [6.45, 7) is 1.73. The van der Waals surface area contributed by atoms with E-state index in [1.54, 1.807) is 30.1 Å². The maximum Gasteiger partial charge on any atom is 0.340 e. The molecule has 0 aliphatic carbocycles. The monoisotopic (exact) mass is 324 g/mol. The summed E-state index contributed by atoms with van der Waals surface area (Å²) in [7, 11) is 1.74. The number of carbonyl (C=O) groups excluding carboxylic acids is 2. The molecule has 0 saturated heterocycles. The van der Waals surface area contributed by atoms with Crippen LogP contribution in [0.4, 0.5) is 11.4 Å². The Labute approximate surface area is 141 Å². The minimum Gasteiger partial charge on any atom is -0.452 e. The van der Waals surface area contributed by atoms with Gasteiger partial charge in [-0.1, -0.05) is 30.3 Å². The maximum atomic E-state index is 12.5. The molecule has 0 radical (unpaired) electrons. The van der Waals surface area contributed by atoms with E-state index in [0.717, 1.165) is 17.7 Å². The van der Waals surface area contributed by atoms with Gasteiger partial charge in [-0.15, -0.1) is 0 Å². The molecule has 124 valence electrons. The van der Waals surface area contributed by atoms with Crippen molar-refractivity contribution in [2.45, 2.75) is 19.4 Å². The van der Waals surface area contributed by atoms with Crippen LogP contribution in [0.2, 0.25) is 0 Å². The Hall–Kier alpha value is -2.82. The van der Waals surface area contributed by atoms with Crippen LogP contribution >= 0.6 is 0 Å². The van der Waals surface area contributed by atoms with Crippen molar-refractivity contribution >= 4 is 23.3 Å². The van der Waals surface area contributed by atoms with Crippen molar-refractivity contribution in [2.24, 2.45) is 0 Å². The molecular weight excluding hydrogens is 304 g/mol. The third-order valence-corrected chi connectivity index (χ3v) is 4.22. The largest absolute Gasteiger partial charge is 0.452 e. The summed E-state index contributed by atoms with van der Waals surface area (Å²) in [5.41, 5.74) is 3.14. The van der Waals surface area contributed by atoms with Crippen molar-refractivity contribution in [1.29, 1.82) is 0 Å². The van der Waals surface area contributed by atoms with Gasteiger partial charge in [-0.3, -0.25) is 4.79 Å². The first kappa shape index (κ1) is 16.1. The standard InChI is InChI=1S/C19H20N2O3/c1-13-11-14-7-3-6-10-17(14)21(13)18(22)12-24-19(23)15-8-4-5-9-16(15)20-2/h3-10,13,20H,11-12H2,1-2H3/t13-/m1/s1. The molecule has 3 rings (SSSR count). The fourth-order valence-electron chi connectivity index (χ4n) is 3.10. The minimum atomic E-state index is -0.506. The van der Waals surface area contributed by atoms with E-state index in [-0.39, 0.29) is 18.6 Å². The van der Waals surface area contributed by atoms with E-state index in [0.29, 0.717) is 11.3 Å². The zero-order valence-electron chi connectivity index (χ0n) is 13.8. The highest BCUT2D eigenvalue weighted by molar-refractivity contribution is 6.00. The lowest BCUT2D eigenvalue weighted by Gasteiger charge is -2.22. The Balaban J connectivity index is 1.69. The Morgan fingerprint density at radius 2 is 1.88 bits per heavy atom. The first-order chi connectivity index (χ1) is 11.6. The molecule has 2 aromatic rings. The molecule has 24 heavy (non-hydrogen) atoms. The van der Waals surface area contributed by atoms with Crippen molar-refractivity contribution in [3.8, 4) is 0 Å². The fourth-order valence-corrected chi connectivity index (χ4v) is 3.10. The highest BCUT2D eigenvalue weighted by Crippen LogP contribution is 2.31. The van der Waals surface area contributed by atoms with Gasteiger partial charge >= 0.3 is 5.97 Å². The molecule has 1 aliphatic heterocycles. The molecule has 0 bridgehead atoms. The molecule has 2 aromatic carbocycles. The van der Waals surface area contributed by atoms with Crippen LogP contribution in [0.25, 0.3) is 0 Å². The van der Waals surface area contributed by atoms with Crippen molar-refractivity contribution < 1.29 is 14.3 Å². The molecule has 1 heterocycles. The number of hydrogen-bond acceptors (Lipinski definition) is 4. The van der Waals surface area contributed by atoms with Gasteiger partial charge in [-0.05, 0) is 37.1 Å². The molecule has 5 nitrogen and oxygen atoms in total. The van der Waals surface area contributed by atoms with Gasteiger partial charge in [0.15, 0.2) is 6.61 Å². The van der Waals surface area contributed by atoms with E-state index in [1.165, 1.54) is 0 Å². The average molecular weight is 324 g/mol. The number of rotatable bonds is 4. The first-order valence-corrected chi connectivity index (χ1v) is 7.95. The van der Waals surface area contributed by atoms with E-state index in [4.69, 9.17) is 4.74 Å². The number of nitrogens with one attached hydrogen (secondary N) is 1. The molecule has 1 aliphatic rings. The van der Waals surface area contributed by atoms with Crippen LogP contribution in [0, 0.1) is 0 Å². The zero-order valence-corrected chi connectivity index (χ0v) is 13.8. The minimum absolute atomic E-state index is 0.0678. The van der Waals surface area contributed by atoms with E-state index < -0.39 is 5.97 Å². The first-order valence-electron chi connectivity index (χ1n) is 7.95. The van der Waals surface area contributed by atoms with Crippen LogP contribution in [0.3, 0.4) is 0 Å². The number of benzene rings is 2. The van der Waals surface area contributed by atoms with E-state index in [9.17, 15) is 9.59 Å². The van der Waals surface area contributed by atoms with Crippen molar-refractivity contribution in [3.05, 3.63) is 59.7 Å². The number of ether oxygens (including phenoxy) is 1. The number of amides is 1. The number of fused-ring (bicyclic) bond motifs is 1. The molecule has 5 heteroatoms. The topological polar surface area (TPSA) is 58.6 Å². The number of hydrogen-bond donors (Lipinski definition) is 1. The molecule has 1 amide bonds. The quantitative estimate of drug-likeness (QED) is 0.879. The summed E-state index contributed by atoms with van der Waals surface area (Å²) >= 11 is 0. The molecule has 0 saturated carbocycles. The fraction of sp³-hybridized carbons (Fsp3) is 0.263. The predicted octanol–water partition coefficient (Wildman–Crippen LogP) is 2.86. The number of para-hydroxylation sites is 2. The van der Waals surface area contributed by atoms with Crippen molar-refractivity contribution in [1.82, 2.24) is 0 Å². The highest BCUT2D eigenvalue weighted by atomic mass is 16.5. The van der Waals surface area contributed by atoms with Gasteiger partial charge in [-0.25, -0.2) is 4.79 Å². The second kappa shape index (κ2) is 6.74. The van der Waals surface area contributed by atoms with Crippen LogP contribution in [0.15, 0.2) is 48.5 Å². The summed E-state index contributed by atoms with van der Waals surface area (Å²) in [4.78, 5) is 26.5. The number of carbonyl (C=O) groups is 2. The zero-order chi connectivity index (χ0) is 17.1. The molecule has 0 aromatic heterocycles. The Morgan fingerprint density at radius 3 is 2.67 bits per heavy atom. The lowest BCUT2D eigenvalue weighted by molar-refractivity contribution is -0.122. The van der Waals surface area contributed by atoms with Crippen LogP contribution in [-0.2, 0) is 16.0 Å². The summed E-state index contributed by atoms with van der Waals surface area (Å²) in [6.07, 6.45) is 0.818. The summed E-state index contributed by atoms with van der Waals surface area (Å²) in [5.74, 6) is -0.712. The van der Waals surface area contributed by atoms with E-state index in [2.05, 4.69) is 5.32 Å². The molecular formula is C19H20N2O3. The van der Waals surface area contributed by atoms with E-state index in [1.807, 2.05) is 37.3 Å². The number of esters is 1. The molecule has 1 atom stereocenters. The number of nitrogens with zero attached hydrogens (tertiary/aromatic N) is 1. The molecule has 0 unspecified atom stereocenters. The lowest BCUT2D eigenvalue weighted by atomic mass is 10.1. The van der Waals surface area contributed by atoms with Crippen LogP contribution < -0.4 is 10.2 Å². The van der Waals surface area contributed by atoms with Gasteiger partial charge in [0.25, 0.3) is 5.91 Å². The highest BCUT2D eigenvalue weighted by Gasteiger charge is 2.31. The molecule has 0 spiro atoms. The van der Waals surface area contributed by atoms with Crippen LogP contribution in [0.1, 0.15) is 22.8 Å². The lowest BCUT2D eigenvalue weighted by Crippen LogP contribution is -2.38. The normalized spacial score (nSPS) is 15.8. The van der Waals surface area contributed by atoms with Crippen molar-refractivity contribution in [3.63, 3.8) is 0 Å². The van der Waals surface area contributed by atoms with Gasteiger partial charge < -0.3 is 15.0 Å². The molecule has 0 fully saturated rings. The Kier molecular flexibility index (Phi) is 4.51. The smallest absolute Gasteiger partial charge is 0.340 e. The summed E-state index contributed by atoms with van der Waals surface area (Å²) in [5, 5.41) is 2.94. The third kappa shape index (κ3) is 2.97. The van der Waals surface area contributed by atoms with Crippen LogP contribution in [-0.4, -0.2) is 31.6 Å². The summed E-state index contributed by atoms with van der Waals surface area (Å²) < 4.78 is 5.24. The maximum absolute atomic E-state index is 12.5. The summed E-state index contributed by atoms with van der Waals surface area (Å²) in [6, 6.07) is 14.9.